The summed E-state index contributed by atoms with van der Waals surface area (Å²) in [5.41, 5.74) is 1.15. The number of carbonyl (C=O) groups excluding carboxylic acids is 1. The lowest BCUT2D eigenvalue weighted by Gasteiger charge is -2.28. The minimum atomic E-state index is -0.984. The topological polar surface area (TPSA) is 70.7 Å². The summed E-state index contributed by atoms with van der Waals surface area (Å²) in [6.07, 6.45) is 6.02. The standard InChI is InChI=1S/C16H21NO4/c1-9-8-21-12(7-13(18)19)14(9)16(20)17(2)15(10-3-4-10)11-5-6-11/h8,10-11,15H,3-7H2,1-2H3,(H,18,19). The molecule has 1 N–H and O–H groups in total. The average molecular weight is 291 g/mol. The molecule has 2 fully saturated rings. The van der Waals surface area contributed by atoms with Crippen molar-refractivity contribution >= 4 is 11.9 Å². The van der Waals surface area contributed by atoms with Crippen LogP contribution in [-0.2, 0) is 11.2 Å². The highest BCUT2D eigenvalue weighted by molar-refractivity contribution is 5.97. The number of nitrogens with zero attached hydrogens (tertiary/aromatic N) is 1. The first-order chi connectivity index (χ1) is 9.99. The Labute approximate surface area is 123 Å². The van der Waals surface area contributed by atoms with Crippen molar-refractivity contribution in [1.29, 1.82) is 0 Å². The molecule has 0 unspecified atom stereocenters. The molecule has 114 valence electrons. The highest BCUT2D eigenvalue weighted by atomic mass is 16.4. The summed E-state index contributed by atoms with van der Waals surface area (Å²) < 4.78 is 5.28. The van der Waals surface area contributed by atoms with Crippen LogP contribution in [0.25, 0.3) is 0 Å². The molecule has 5 heteroatoms. The maximum Gasteiger partial charge on any atom is 0.311 e. The molecule has 1 aromatic heterocycles. The summed E-state index contributed by atoms with van der Waals surface area (Å²) in [6.45, 7) is 1.79. The van der Waals surface area contributed by atoms with Gasteiger partial charge < -0.3 is 14.4 Å². The van der Waals surface area contributed by atoms with Crippen LogP contribution in [0.2, 0.25) is 0 Å². The second kappa shape index (κ2) is 5.20. The van der Waals surface area contributed by atoms with E-state index in [-0.39, 0.29) is 18.1 Å². The first-order valence-electron chi connectivity index (χ1n) is 7.55. The van der Waals surface area contributed by atoms with Crippen molar-refractivity contribution in [2.75, 3.05) is 7.05 Å². The van der Waals surface area contributed by atoms with Gasteiger partial charge in [0.25, 0.3) is 5.91 Å². The Balaban J connectivity index is 1.83. The highest BCUT2D eigenvalue weighted by Crippen LogP contribution is 2.47. The SMILES string of the molecule is Cc1coc(CC(=O)O)c1C(=O)N(C)C(C1CC1)C1CC1. The van der Waals surface area contributed by atoms with E-state index in [0.717, 1.165) is 0 Å². The van der Waals surface area contributed by atoms with E-state index in [9.17, 15) is 9.59 Å². The molecular weight excluding hydrogens is 270 g/mol. The number of aliphatic carboxylic acids is 1. The zero-order chi connectivity index (χ0) is 15.1. The first kappa shape index (κ1) is 14.2. The van der Waals surface area contributed by atoms with Crippen LogP contribution in [-0.4, -0.2) is 35.0 Å². The number of hydrogen-bond acceptors (Lipinski definition) is 3. The Hall–Kier alpha value is -1.78. The molecule has 0 radical (unpaired) electrons. The normalized spacial score (nSPS) is 18.0. The van der Waals surface area contributed by atoms with Crippen molar-refractivity contribution in [3.63, 3.8) is 0 Å². The lowest BCUT2D eigenvalue weighted by Crippen LogP contribution is -2.40. The lowest BCUT2D eigenvalue weighted by molar-refractivity contribution is -0.136. The van der Waals surface area contributed by atoms with Gasteiger partial charge in [0, 0.05) is 18.7 Å². The van der Waals surface area contributed by atoms with E-state index in [1.807, 2.05) is 11.9 Å². The molecule has 2 saturated carbocycles. The van der Waals surface area contributed by atoms with Crippen LogP contribution in [0.15, 0.2) is 10.7 Å². The van der Waals surface area contributed by atoms with Crippen LogP contribution < -0.4 is 0 Å². The summed E-state index contributed by atoms with van der Waals surface area (Å²) in [5, 5.41) is 8.94. The Kier molecular flexibility index (Phi) is 3.51. The van der Waals surface area contributed by atoms with Crippen molar-refractivity contribution < 1.29 is 19.1 Å². The molecule has 0 aliphatic heterocycles. The van der Waals surface area contributed by atoms with Gasteiger partial charge in [0.05, 0.1) is 11.8 Å². The second-order valence-corrected chi connectivity index (χ2v) is 6.37. The summed E-state index contributed by atoms with van der Waals surface area (Å²) in [6, 6.07) is 0.310. The summed E-state index contributed by atoms with van der Waals surface area (Å²) >= 11 is 0. The molecule has 1 amide bonds. The second-order valence-electron chi connectivity index (χ2n) is 6.37. The number of furan rings is 1. The Bertz CT molecular complexity index is 557. The van der Waals surface area contributed by atoms with Gasteiger partial charge in [0.1, 0.15) is 12.2 Å². The van der Waals surface area contributed by atoms with Gasteiger partial charge in [-0.1, -0.05) is 0 Å². The van der Waals surface area contributed by atoms with E-state index in [4.69, 9.17) is 9.52 Å². The van der Waals surface area contributed by atoms with Crippen molar-refractivity contribution in [2.45, 2.75) is 45.1 Å². The number of hydrogen-bond donors (Lipinski definition) is 1. The molecule has 0 atom stereocenters. The summed E-state index contributed by atoms with van der Waals surface area (Å²) in [5.74, 6) is 0.439. The molecule has 0 spiro atoms. The minimum absolute atomic E-state index is 0.0960. The number of carboxylic acids is 1. The summed E-state index contributed by atoms with van der Waals surface area (Å²) in [4.78, 5) is 25.5. The molecular formula is C16H21NO4. The molecule has 21 heavy (non-hydrogen) atoms. The molecule has 0 saturated heterocycles. The van der Waals surface area contributed by atoms with Gasteiger partial charge in [-0.3, -0.25) is 9.59 Å². The van der Waals surface area contributed by atoms with Crippen LogP contribution in [0.4, 0.5) is 0 Å². The third kappa shape index (κ3) is 2.82. The van der Waals surface area contributed by atoms with Gasteiger partial charge in [-0.2, -0.15) is 0 Å². The highest BCUT2D eigenvalue weighted by Gasteiger charge is 2.45. The molecule has 0 aromatic carbocycles. The predicted molar refractivity (Wildman–Crippen MR) is 76.1 cm³/mol. The minimum Gasteiger partial charge on any atom is -0.481 e. The number of rotatable bonds is 6. The zero-order valence-corrected chi connectivity index (χ0v) is 12.5. The van der Waals surface area contributed by atoms with Gasteiger partial charge >= 0.3 is 5.97 Å². The molecule has 2 aliphatic rings. The van der Waals surface area contributed by atoms with E-state index >= 15 is 0 Å². The van der Waals surface area contributed by atoms with Crippen LogP contribution in [0.1, 0.15) is 47.4 Å². The van der Waals surface area contributed by atoms with Crippen molar-refractivity contribution in [3.05, 3.63) is 23.2 Å². The fraction of sp³-hybridized carbons (Fsp3) is 0.625. The molecule has 1 aromatic rings. The van der Waals surface area contributed by atoms with Crippen molar-refractivity contribution in [3.8, 4) is 0 Å². The average Bonchev–Trinajstić information content (AvgIpc) is 3.31. The maximum absolute atomic E-state index is 12.8. The van der Waals surface area contributed by atoms with E-state index in [1.54, 1.807) is 6.92 Å². The van der Waals surface area contributed by atoms with Crippen LogP contribution in [0.5, 0.6) is 0 Å². The Morgan fingerprint density at radius 2 is 1.90 bits per heavy atom. The molecule has 1 heterocycles. The van der Waals surface area contributed by atoms with E-state index in [0.29, 0.717) is 29.0 Å². The molecule has 5 nitrogen and oxygen atoms in total. The largest absolute Gasteiger partial charge is 0.481 e. The smallest absolute Gasteiger partial charge is 0.311 e. The van der Waals surface area contributed by atoms with Gasteiger partial charge in [-0.15, -0.1) is 0 Å². The fourth-order valence-corrected chi connectivity index (χ4v) is 3.26. The van der Waals surface area contributed by atoms with E-state index in [1.165, 1.54) is 31.9 Å². The lowest BCUT2D eigenvalue weighted by atomic mass is 10.0. The number of carboxylic acid groups (broad SMARTS) is 1. The maximum atomic E-state index is 12.8. The predicted octanol–water partition coefficient (Wildman–Crippen LogP) is 2.48. The molecule has 3 rings (SSSR count). The van der Waals surface area contributed by atoms with Crippen LogP contribution in [0.3, 0.4) is 0 Å². The number of aryl methyl sites for hydroxylation is 1. The Morgan fingerprint density at radius 3 is 2.38 bits per heavy atom. The zero-order valence-electron chi connectivity index (χ0n) is 12.5. The molecule has 0 bridgehead atoms. The van der Waals surface area contributed by atoms with Crippen molar-refractivity contribution in [1.82, 2.24) is 4.90 Å². The van der Waals surface area contributed by atoms with E-state index in [2.05, 4.69) is 0 Å². The third-order valence-corrected chi connectivity index (χ3v) is 4.55. The van der Waals surface area contributed by atoms with Gasteiger partial charge in [-0.05, 0) is 44.4 Å². The van der Waals surface area contributed by atoms with Gasteiger partial charge in [-0.25, -0.2) is 0 Å². The molecule has 2 aliphatic carbocycles. The quantitative estimate of drug-likeness (QED) is 0.874. The van der Waals surface area contributed by atoms with Gasteiger partial charge in [0.2, 0.25) is 0 Å². The van der Waals surface area contributed by atoms with Crippen molar-refractivity contribution in [2.24, 2.45) is 11.8 Å². The third-order valence-electron chi connectivity index (χ3n) is 4.55. The van der Waals surface area contributed by atoms with Crippen LogP contribution >= 0.6 is 0 Å². The van der Waals surface area contributed by atoms with Gasteiger partial charge in [0.15, 0.2) is 0 Å². The first-order valence-corrected chi connectivity index (χ1v) is 7.55. The van der Waals surface area contributed by atoms with E-state index < -0.39 is 5.97 Å². The van der Waals surface area contributed by atoms with Crippen LogP contribution in [0, 0.1) is 18.8 Å². The number of amides is 1. The summed E-state index contributed by atoms with van der Waals surface area (Å²) in [7, 11) is 1.85. The monoisotopic (exact) mass is 291 g/mol. The fourth-order valence-electron chi connectivity index (χ4n) is 3.26. The number of carbonyl (C=O) groups is 2. The Morgan fingerprint density at radius 1 is 1.33 bits per heavy atom.